The van der Waals surface area contributed by atoms with Crippen molar-refractivity contribution in [3.05, 3.63) is 77.2 Å². The van der Waals surface area contributed by atoms with E-state index in [1.54, 1.807) is 37.4 Å². The van der Waals surface area contributed by atoms with Gasteiger partial charge in [-0.2, -0.15) is 0 Å². The van der Waals surface area contributed by atoms with E-state index in [1.807, 2.05) is 32.0 Å². The van der Waals surface area contributed by atoms with Crippen molar-refractivity contribution in [2.24, 2.45) is 0 Å². The molecule has 1 aliphatic carbocycles. The van der Waals surface area contributed by atoms with Gasteiger partial charge in [0.15, 0.2) is 17.3 Å². The molecule has 184 valence electrons. The fourth-order valence-corrected chi connectivity index (χ4v) is 4.93. The van der Waals surface area contributed by atoms with Crippen molar-refractivity contribution in [1.82, 2.24) is 5.32 Å². The number of ether oxygens (including phenoxy) is 2. The van der Waals surface area contributed by atoms with Crippen molar-refractivity contribution in [2.75, 3.05) is 19.1 Å². The van der Waals surface area contributed by atoms with Crippen LogP contribution in [0.5, 0.6) is 11.5 Å². The Labute approximate surface area is 206 Å². The molecule has 1 aliphatic rings. The zero-order valence-corrected chi connectivity index (χ0v) is 20.7. The predicted octanol–water partition coefficient (Wildman–Crippen LogP) is 5.36. The number of anilines is 1. The highest BCUT2D eigenvalue weighted by Gasteiger charge is 2.39. The normalized spacial score (nSPS) is 14.4. The van der Waals surface area contributed by atoms with Crippen LogP contribution in [0.25, 0.3) is 0 Å². The van der Waals surface area contributed by atoms with Crippen molar-refractivity contribution in [2.45, 2.75) is 51.6 Å². The lowest BCUT2D eigenvalue weighted by molar-refractivity contribution is -0.123. The van der Waals surface area contributed by atoms with Gasteiger partial charge in [-0.3, -0.25) is 14.5 Å². The van der Waals surface area contributed by atoms with Gasteiger partial charge in [-0.1, -0.05) is 43.2 Å². The van der Waals surface area contributed by atoms with E-state index in [1.165, 1.54) is 18.3 Å². The first-order valence-corrected chi connectivity index (χ1v) is 11.9. The van der Waals surface area contributed by atoms with Gasteiger partial charge in [-0.15, -0.1) is 0 Å². The summed E-state index contributed by atoms with van der Waals surface area (Å²) in [5.74, 6) is 0.351. The van der Waals surface area contributed by atoms with Crippen molar-refractivity contribution in [1.29, 1.82) is 0 Å². The smallest absolute Gasteiger partial charge is 0.294 e. The summed E-state index contributed by atoms with van der Waals surface area (Å²) in [7, 11) is 3.08. The highest BCUT2D eigenvalue weighted by molar-refractivity contribution is 6.09. The first-order valence-electron chi connectivity index (χ1n) is 11.9. The van der Waals surface area contributed by atoms with Crippen LogP contribution in [-0.4, -0.2) is 32.1 Å². The van der Waals surface area contributed by atoms with Crippen LogP contribution in [-0.2, 0) is 4.79 Å². The molecule has 0 saturated heterocycles. The minimum atomic E-state index is -1.02. The third-order valence-electron chi connectivity index (χ3n) is 6.57. The van der Waals surface area contributed by atoms with Gasteiger partial charge in [0.25, 0.3) is 5.91 Å². The van der Waals surface area contributed by atoms with E-state index in [4.69, 9.17) is 13.9 Å². The molecule has 1 heterocycles. The summed E-state index contributed by atoms with van der Waals surface area (Å²) >= 11 is 0. The van der Waals surface area contributed by atoms with E-state index in [2.05, 4.69) is 5.32 Å². The maximum Gasteiger partial charge on any atom is 0.294 e. The zero-order valence-electron chi connectivity index (χ0n) is 20.7. The average Bonchev–Trinajstić information content (AvgIpc) is 3.57. The van der Waals surface area contributed by atoms with Gasteiger partial charge in [-0.25, -0.2) is 0 Å². The second kappa shape index (κ2) is 10.7. The molecule has 0 aliphatic heterocycles. The molecule has 2 amide bonds. The minimum Gasteiger partial charge on any atom is -0.493 e. The number of rotatable bonds is 8. The fraction of sp³-hybridized carbons (Fsp3) is 0.357. The number of amides is 2. The van der Waals surface area contributed by atoms with E-state index in [0.717, 1.165) is 36.8 Å². The molecule has 3 aromatic rings. The summed E-state index contributed by atoms with van der Waals surface area (Å²) in [6.45, 7) is 3.86. The molecule has 0 radical (unpaired) electrons. The molecule has 1 atom stereocenters. The maximum absolute atomic E-state index is 14.0. The highest BCUT2D eigenvalue weighted by atomic mass is 16.5. The molecule has 0 unspecified atom stereocenters. The highest BCUT2D eigenvalue weighted by Crippen LogP contribution is 2.41. The zero-order chi connectivity index (χ0) is 24.9. The van der Waals surface area contributed by atoms with E-state index < -0.39 is 11.9 Å². The molecule has 0 spiro atoms. The van der Waals surface area contributed by atoms with E-state index >= 15 is 0 Å². The molecule has 1 aromatic heterocycles. The second-order valence-corrected chi connectivity index (χ2v) is 8.87. The second-order valence-electron chi connectivity index (χ2n) is 8.87. The van der Waals surface area contributed by atoms with Gasteiger partial charge in [0.05, 0.1) is 26.2 Å². The summed E-state index contributed by atoms with van der Waals surface area (Å²) in [5, 5.41) is 3.20. The Morgan fingerprint density at radius 2 is 1.66 bits per heavy atom. The molecule has 1 saturated carbocycles. The number of para-hydroxylation sites is 2. The lowest BCUT2D eigenvalue weighted by atomic mass is 9.98. The van der Waals surface area contributed by atoms with E-state index in [9.17, 15) is 9.59 Å². The Kier molecular flexibility index (Phi) is 7.44. The quantitative estimate of drug-likeness (QED) is 0.473. The maximum atomic E-state index is 14.0. The number of aryl methyl sites for hydroxylation is 2. The first kappa shape index (κ1) is 24.4. The number of hydrogen-bond donors (Lipinski definition) is 1. The number of nitrogens with zero attached hydrogens (tertiary/aromatic N) is 1. The minimum absolute atomic E-state index is 0.0696. The van der Waals surface area contributed by atoms with Crippen molar-refractivity contribution in [3.8, 4) is 11.5 Å². The van der Waals surface area contributed by atoms with Crippen molar-refractivity contribution in [3.63, 3.8) is 0 Å². The number of methoxy groups -OCH3 is 2. The molecule has 0 bridgehead atoms. The Hall–Kier alpha value is -3.74. The van der Waals surface area contributed by atoms with Crippen LogP contribution in [0.3, 0.4) is 0 Å². The van der Waals surface area contributed by atoms with Crippen LogP contribution in [0, 0.1) is 13.8 Å². The standard InChI is InChI=1S/C28H32N2O5/c1-18-10-7-11-19(2)24(18)30(28(32)23-16-9-17-35-23)25(27(31)29-20-12-5-6-13-20)21-14-8-15-22(33-3)26(21)34-4/h7-11,14-17,20,25H,5-6,12-13H2,1-4H3,(H,29,31)/t25-/m0/s1. The molecular weight excluding hydrogens is 444 g/mol. The monoisotopic (exact) mass is 476 g/mol. The summed E-state index contributed by atoms with van der Waals surface area (Å²) in [6, 6.07) is 13.5. The lowest BCUT2D eigenvalue weighted by Crippen LogP contribution is -2.47. The summed E-state index contributed by atoms with van der Waals surface area (Å²) in [5.41, 5.74) is 2.92. The molecule has 7 nitrogen and oxygen atoms in total. The third kappa shape index (κ3) is 4.90. The van der Waals surface area contributed by atoms with Gasteiger partial charge in [0.2, 0.25) is 5.91 Å². The number of nitrogens with one attached hydrogen (secondary N) is 1. The van der Waals surface area contributed by atoms with Gasteiger partial charge >= 0.3 is 0 Å². The molecule has 1 N–H and O–H groups in total. The molecule has 4 rings (SSSR count). The Morgan fingerprint density at radius 1 is 0.971 bits per heavy atom. The third-order valence-corrected chi connectivity index (χ3v) is 6.57. The van der Waals surface area contributed by atoms with Crippen LogP contribution in [0.1, 0.15) is 59.0 Å². The first-order chi connectivity index (χ1) is 17.0. The Bertz CT molecular complexity index is 1160. The summed E-state index contributed by atoms with van der Waals surface area (Å²) in [6.07, 6.45) is 5.44. The fourth-order valence-electron chi connectivity index (χ4n) is 4.93. The Balaban J connectivity index is 1.94. The summed E-state index contributed by atoms with van der Waals surface area (Å²) in [4.78, 5) is 29.6. The number of carbonyl (C=O) groups is 2. The van der Waals surface area contributed by atoms with E-state index in [-0.39, 0.29) is 17.7 Å². The number of hydrogen-bond acceptors (Lipinski definition) is 5. The van der Waals surface area contributed by atoms with Crippen LogP contribution in [0.15, 0.2) is 59.2 Å². The summed E-state index contributed by atoms with van der Waals surface area (Å²) < 4.78 is 16.7. The molecule has 35 heavy (non-hydrogen) atoms. The number of benzene rings is 2. The van der Waals surface area contributed by atoms with Gasteiger partial charge in [0, 0.05) is 11.6 Å². The van der Waals surface area contributed by atoms with Crippen LogP contribution < -0.4 is 19.7 Å². The van der Waals surface area contributed by atoms with Gasteiger partial charge in [-0.05, 0) is 56.0 Å². The van der Waals surface area contributed by atoms with Crippen LogP contribution >= 0.6 is 0 Å². The van der Waals surface area contributed by atoms with Gasteiger partial charge < -0.3 is 19.2 Å². The van der Waals surface area contributed by atoms with E-state index in [0.29, 0.717) is 22.7 Å². The largest absolute Gasteiger partial charge is 0.493 e. The molecule has 7 heteroatoms. The van der Waals surface area contributed by atoms with Crippen LogP contribution in [0.2, 0.25) is 0 Å². The van der Waals surface area contributed by atoms with Crippen molar-refractivity contribution < 1.29 is 23.5 Å². The number of furan rings is 1. The lowest BCUT2D eigenvalue weighted by Gasteiger charge is -2.34. The Morgan fingerprint density at radius 3 is 2.26 bits per heavy atom. The average molecular weight is 477 g/mol. The van der Waals surface area contributed by atoms with Gasteiger partial charge in [0.1, 0.15) is 6.04 Å². The predicted molar refractivity (Wildman–Crippen MR) is 134 cm³/mol. The topological polar surface area (TPSA) is 81.0 Å². The van der Waals surface area contributed by atoms with Crippen molar-refractivity contribution >= 4 is 17.5 Å². The molecule has 2 aromatic carbocycles. The molecule has 1 fully saturated rings. The number of carbonyl (C=O) groups excluding carboxylic acids is 2. The van der Waals surface area contributed by atoms with Crippen LogP contribution in [0.4, 0.5) is 5.69 Å². The SMILES string of the molecule is COc1cccc([C@@H](C(=O)NC2CCCC2)N(C(=O)c2ccco2)c2c(C)cccc2C)c1OC. The molecular formula is C28H32N2O5.